The first-order valence-electron chi connectivity index (χ1n) is 19.0. The third-order valence-electron chi connectivity index (χ3n) is 11.4. The molecule has 3 heterocycles. The molecule has 0 saturated carbocycles. The van der Waals surface area contributed by atoms with E-state index in [1.54, 1.807) is 0 Å². The highest BCUT2D eigenvalue weighted by molar-refractivity contribution is 6.14. The molecule has 0 bridgehead atoms. The minimum absolute atomic E-state index is 0.867. The molecule has 0 amide bonds. The van der Waals surface area contributed by atoms with Crippen LogP contribution >= 0.6 is 0 Å². The normalized spacial score (nSPS) is 11.9. The van der Waals surface area contributed by atoms with Gasteiger partial charge < -0.3 is 18.3 Å². The van der Waals surface area contributed by atoms with Gasteiger partial charge in [-0.05, 0) is 77.2 Å². The molecule has 56 heavy (non-hydrogen) atoms. The number of rotatable bonds is 5. The van der Waals surface area contributed by atoms with Crippen molar-refractivity contribution < 1.29 is 8.83 Å². The van der Waals surface area contributed by atoms with E-state index in [9.17, 15) is 0 Å². The van der Waals surface area contributed by atoms with Crippen LogP contribution in [-0.4, -0.2) is 4.57 Å². The van der Waals surface area contributed by atoms with Crippen molar-refractivity contribution >= 4 is 93.5 Å². The fraction of sp³-hybridized carbons (Fsp3) is 0. The van der Waals surface area contributed by atoms with Crippen LogP contribution in [0.4, 0.5) is 17.1 Å². The molecule has 0 N–H and O–H groups in total. The predicted molar refractivity (Wildman–Crippen MR) is 233 cm³/mol. The Morgan fingerprint density at radius 3 is 1.71 bits per heavy atom. The van der Waals surface area contributed by atoms with E-state index in [-0.39, 0.29) is 0 Å². The van der Waals surface area contributed by atoms with E-state index >= 15 is 0 Å². The summed E-state index contributed by atoms with van der Waals surface area (Å²) in [6.07, 6.45) is 0. The van der Waals surface area contributed by atoms with Gasteiger partial charge >= 0.3 is 0 Å². The fourth-order valence-corrected chi connectivity index (χ4v) is 8.84. The van der Waals surface area contributed by atoms with E-state index in [4.69, 9.17) is 8.83 Å². The van der Waals surface area contributed by atoms with Gasteiger partial charge in [0.1, 0.15) is 11.2 Å². The molecule has 0 aliphatic heterocycles. The molecule has 9 aromatic carbocycles. The van der Waals surface area contributed by atoms with Crippen molar-refractivity contribution in [2.75, 3.05) is 4.90 Å². The molecule has 12 rings (SSSR count). The zero-order valence-corrected chi connectivity index (χ0v) is 30.2. The maximum absolute atomic E-state index is 6.61. The number of aromatic nitrogens is 1. The lowest BCUT2D eigenvalue weighted by molar-refractivity contribution is 0.666. The third kappa shape index (κ3) is 4.53. The van der Waals surface area contributed by atoms with Gasteiger partial charge in [-0.2, -0.15) is 0 Å². The van der Waals surface area contributed by atoms with E-state index in [1.807, 2.05) is 24.3 Å². The second kappa shape index (κ2) is 12.0. The highest BCUT2D eigenvalue weighted by Gasteiger charge is 2.22. The van der Waals surface area contributed by atoms with Crippen molar-refractivity contribution in [2.45, 2.75) is 0 Å². The molecule has 3 aromatic heterocycles. The Labute approximate surface area is 321 Å². The summed E-state index contributed by atoms with van der Waals surface area (Å²) in [6, 6.07) is 69.0. The zero-order valence-electron chi connectivity index (χ0n) is 30.2. The molecular weight excluding hydrogens is 685 g/mol. The van der Waals surface area contributed by atoms with Crippen molar-refractivity contribution in [1.29, 1.82) is 0 Å². The van der Waals surface area contributed by atoms with Crippen LogP contribution in [0.3, 0.4) is 0 Å². The molecule has 12 aromatic rings. The Morgan fingerprint density at radius 1 is 0.357 bits per heavy atom. The van der Waals surface area contributed by atoms with Crippen molar-refractivity contribution in [3.05, 3.63) is 194 Å². The van der Waals surface area contributed by atoms with Gasteiger partial charge in [-0.25, -0.2) is 0 Å². The van der Waals surface area contributed by atoms with Gasteiger partial charge in [0.25, 0.3) is 0 Å². The van der Waals surface area contributed by atoms with Crippen LogP contribution in [0, 0.1) is 0 Å². The molecular formula is C52H32N2O2. The number of furan rings is 2. The number of fused-ring (bicyclic) bond motifs is 10. The second-order valence-corrected chi connectivity index (χ2v) is 14.5. The van der Waals surface area contributed by atoms with E-state index in [1.165, 1.54) is 21.5 Å². The number of nitrogens with zero attached hydrogens (tertiary/aromatic N) is 2. The quantitative estimate of drug-likeness (QED) is 0.178. The summed E-state index contributed by atoms with van der Waals surface area (Å²) in [6.45, 7) is 0. The number of hydrogen-bond acceptors (Lipinski definition) is 3. The Hall–Kier alpha value is -7.56. The lowest BCUT2D eigenvalue weighted by atomic mass is 10.0. The van der Waals surface area contributed by atoms with E-state index in [0.29, 0.717) is 0 Å². The minimum atomic E-state index is 0.867. The Morgan fingerprint density at radius 2 is 0.911 bits per heavy atom. The van der Waals surface area contributed by atoms with Crippen LogP contribution in [0.1, 0.15) is 0 Å². The predicted octanol–water partition coefficient (Wildman–Crippen LogP) is 14.9. The highest BCUT2D eigenvalue weighted by Crippen LogP contribution is 2.45. The average Bonchev–Trinajstić information content (AvgIpc) is 3.94. The van der Waals surface area contributed by atoms with E-state index in [0.717, 1.165) is 88.8 Å². The molecule has 262 valence electrons. The summed E-state index contributed by atoms with van der Waals surface area (Å²) in [5.41, 5.74) is 12.3. The van der Waals surface area contributed by atoms with Gasteiger partial charge in [0.2, 0.25) is 0 Å². The zero-order chi connectivity index (χ0) is 36.7. The Balaban J connectivity index is 1.01. The standard InChI is InChI=1S/C52H32N2O2/c1-2-14-37-34(12-1)13-9-21-44(37)53(47-22-10-18-41-39-16-4-7-24-49(39)55-51(41)47)36-29-26-33(27-30-36)35-28-31-46-43(32-35)38-15-3-6-20-45(38)54(46)48-23-11-19-42-40-17-5-8-25-50(40)56-52(42)48/h1-32H. The van der Waals surface area contributed by atoms with Crippen LogP contribution in [0.5, 0.6) is 0 Å². The monoisotopic (exact) mass is 716 g/mol. The van der Waals surface area contributed by atoms with Crippen molar-refractivity contribution in [2.24, 2.45) is 0 Å². The maximum Gasteiger partial charge on any atom is 0.159 e. The lowest BCUT2D eigenvalue weighted by Gasteiger charge is -2.27. The third-order valence-corrected chi connectivity index (χ3v) is 11.4. The van der Waals surface area contributed by atoms with Crippen LogP contribution in [0.25, 0.3) is 93.3 Å². The first-order chi connectivity index (χ1) is 27.8. The van der Waals surface area contributed by atoms with Gasteiger partial charge in [-0.15, -0.1) is 0 Å². The minimum Gasteiger partial charge on any atom is -0.454 e. The van der Waals surface area contributed by atoms with Gasteiger partial charge in [-0.3, -0.25) is 0 Å². The largest absolute Gasteiger partial charge is 0.454 e. The molecule has 0 aliphatic rings. The van der Waals surface area contributed by atoms with E-state index < -0.39 is 0 Å². The number of benzene rings is 9. The number of para-hydroxylation sites is 5. The Kier molecular flexibility index (Phi) is 6.60. The van der Waals surface area contributed by atoms with Gasteiger partial charge in [0.05, 0.1) is 28.1 Å². The molecule has 4 nitrogen and oxygen atoms in total. The number of hydrogen-bond donors (Lipinski definition) is 0. The van der Waals surface area contributed by atoms with Crippen molar-refractivity contribution in [3.63, 3.8) is 0 Å². The first-order valence-corrected chi connectivity index (χ1v) is 19.0. The van der Waals surface area contributed by atoms with Gasteiger partial charge in [0.15, 0.2) is 11.2 Å². The first kappa shape index (κ1) is 30.9. The van der Waals surface area contributed by atoms with Crippen molar-refractivity contribution in [1.82, 2.24) is 4.57 Å². The van der Waals surface area contributed by atoms with E-state index in [2.05, 4.69) is 179 Å². The average molecular weight is 717 g/mol. The molecule has 0 fully saturated rings. The molecule has 0 radical (unpaired) electrons. The topological polar surface area (TPSA) is 34.5 Å². The molecule has 4 heteroatoms. The molecule has 0 saturated heterocycles. The summed E-state index contributed by atoms with van der Waals surface area (Å²) >= 11 is 0. The summed E-state index contributed by atoms with van der Waals surface area (Å²) in [4.78, 5) is 2.34. The Bertz CT molecular complexity index is 3490. The lowest BCUT2D eigenvalue weighted by Crippen LogP contribution is -2.10. The smallest absolute Gasteiger partial charge is 0.159 e. The summed E-state index contributed by atoms with van der Waals surface area (Å²) < 4.78 is 15.5. The van der Waals surface area contributed by atoms with Crippen molar-refractivity contribution in [3.8, 4) is 16.8 Å². The number of anilines is 3. The van der Waals surface area contributed by atoms with Gasteiger partial charge in [-0.1, -0.05) is 133 Å². The van der Waals surface area contributed by atoms with Crippen LogP contribution in [-0.2, 0) is 0 Å². The summed E-state index contributed by atoms with van der Waals surface area (Å²) in [7, 11) is 0. The molecule has 0 aliphatic carbocycles. The summed E-state index contributed by atoms with van der Waals surface area (Å²) in [5, 5.41) is 9.23. The maximum atomic E-state index is 6.61. The molecule has 0 spiro atoms. The van der Waals surface area contributed by atoms with Crippen LogP contribution < -0.4 is 4.90 Å². The second-order valence-electron chi connectivity index (χ2n) is 14.5. The molecule has 0 unspecified atom stereocenters. The highest BCUT2D eigenvalue weighted by atomic mass is 16.3. The van der Waals surface area contributed by atoms with Gasteiger partial charge in [0, 0.05) is 43.4 Å². The fourth-order valence-electron chi connectivity index (χ4n) is 8.84. The SMILES string of the molecule is c1ccc2c(N(c3ccc(-c4ccc5c(c4)c4ccccc4n5-c4cccc5c4oc4ccccc45)cc3)c3cccc4c3oc3ccccc34)cccc2c1. The van der Waals surface area contributed by atoms with Crippen LogP contribution in [0.2, 0.25) is 0 Å². The summed E-state index contributed by atoms with van der Waals surface area (Å²) in [5.74, 6) is 0. The van der Waals surface area contributed by atoms with Crippen LogP contribution in [0.15, 0.2) is 203 Å². The molecule has 0 atom stereocenters.